The normalized spacial score (nSPS) is 12.5. The van der Waals surface area contributed by atoms with Crippen LogP contribution >= 0.6 is 34.2 Å². The van der Waals surface area contributed by atoms with E-state index in [1.807, 2.05) is 0 Å². The van der Waals surface area contributed by atoms with Gasteiger partial charge in [0.1, 0.15) is 11.9 Å². The second-order valence-electron chi connectivity index (χ2n) is 3.50. The zero-order valence-corrected chi connectivity index (χ0v) is 11.5. The van der Waals surface area contributed by atoms with E-state index >= 15 is 0 Å². The number of nitrogens with zero attached hydrogens (tertiary/aromatic N) is 1. The number of halogens is 3. The smallest absolute Gasteiger partial charge is 0.141 e. The maximum atomic E-state index is 13.0. The number of aliphatic hydroxyl groups excluding tert-OH is 1. The van der Waals surface area contributed by atoms with Gasteiger partial charge >= 0.3 is 0 Å². The lowest BCUT2D eigenvalue weighted by Gasteiger charge is -2.13. The van der Waals surface area contributed by atoms with Crippen molar-refractivity contribution in [3.8, 4) is 0 Å². The summed E-state index contributed by atoms with van der Waals surface area (Å²) in [5, 5.41) is 10.7. The number of hydrogen-bond acceptors (Lipinski definition) is 2. The molecule has 1 unspecified atom stereocenters. The van der Waals surface area contributed by atoms with Crippen molar-refractivity contribution < 1.29 is 9.50 Å². The van der Waals surface area contributed by atoms with Gasteiger partial charge in [-0.2, -0.15) is 0 Å². The molecular weight excluding hydrogens is 355 g/mol. The molecule has 2 rings (SSSR count). The molecule has 1 atom stereocenters. The molecule has 0 saturated carbocycles. The zero-order valence-electron chi connectivity index (χ0n) is 8.57. The van der Waals surface area contributed by atoms with Gasteiger partial charge in [0.25, 0.3) is 0 Å². The molecule has 17 heavy (non-hydrogen) atoms. The van der Waals surface area contributed by atoms with Crippen molar-refractivity contribution in [2.24, 2.45) is 0 Å². The first kappa shape index (κ1) is 12.7. The third-order valence-electron chi connectivity index (χ3n) is 2.29. The maximum absolute atomic E-state index is 13.0. The lowest BCUT2D eigenvalue weighted by molar-refractivity contribution is 0.218. The summed E-state index contributed by atoms with van der Waals surface area (Å²) >= 11 is 7.97. The molecule has 0 bridgehead atoms. The molecule has 5 heteroatoms. The Bertz CT molecular complexity index is 550. The van der Waals surface area contributed by atoms with E-state index in [-0.39, 0.29) is 0 Å². The Morgan fingerprint density at radius 2 is 2.06 bits per heavy atom. The minimum atomic E-state index is -0.927. The molecule has 1 heterocycles. The van der Waals surface area contributed by atoms with E-state index in [1.165, 1.54) is 12.3 Å². The van der Waals surface area contributed by atoms with Gasteiger partial charge in [-0.25, -0.2) is 4.39 Å². The highest BCUT2D eigenvalue weighted by Crippen LogP contribution is 2.28. The van der Waals surface area contributed by atoms with Crippen LogP contribution in [0.2, 0.25) is 5.02 Å². The summed E-state index contributed by atoms with van der Waals surface area (Å²) in [4.78, 5) is 3.71. The van der Waals surface area contributed by atoms with E-state index in [1.54, 1.807) is 18.2 Å². The van der Waals surface area contributed by atoms with Crippen LogP contribution in [-0.4, -0.2) is 10.1 Å². The largest absolute Gasteiger partial charge is 0.384 e. The number of pyridine rings is 1. The van der Waals surface area contributed by atoms with Crippen LogP contribution in [0.3, 0.4) is 0 Å². The van der Waals surface area contributed by atoms with Crippen LogP contribution < -0.4 is 0 Å². The van der Waals surface area contributed by atoms with Crippen LogP contribution in [0.15, 0.2) is 36.7 Å². The van der Waals surface area contributed by atoms with Gasteiger partial charge in [0.2, 0.25) is 0 Å². The lowest BCUT2D eigenvalue weighted by atomic mass is 10.0. The number of aliphatic hydroxyl groups is 1. The first-order chi connectivity index (χ1) is 8.08. The zero-order chi connectivity index (χ0) is 12.4. The van der Waals surface area contributed by atoms with E-state index in [2.05, 4.69) is 27.6 Å². The standard InChI is InChI=1S/C12H8ClFINO/c13-8-1-2-11(15)10(4-8)12(17)7-3-9(14)6-16-5-7/h1-6,12,17H. The number of benzene rings is 1. The summed E-state index contributed by atoms with van der Waals surface area (Å²) in [6, 6.07) is 6.46. The fraction of sp³-hybridized carbons (Fsp3) is 0.0833. The monoisotopic (exact) mass is 363 g/mol. The first-order valence-electron chi connectivity index (χ1n) is 4.81. The fourth-order valence-electron chi connectivity index (χ4n) is 1.48. The van der Waals surface area contributed by atoms with Gasteiger partial charge < -0.3 is 5.11 Å². The molecule has 0 amide bonds. The van der Waals surface area contributed by atoms with E-state index in [9.17, 15) is 9.50 Å². The Balaban J connectivity index is 2.43. The minimum absolute atomic E-state index is 0.408. The SMILES string of the molecule is OC(c1cncc(F)c1)c1cc(Cl)ccc1I. The van der Waals surface area contributed by atoms with Gasteiger partial charge in [0.15, 0.2) is 0 Å². The van der Waals surface area contributed by atoms with Crippen LogP contribution in [0, 0.1) is 9.39 Å². The van der Waals surface area contributed by atoms with Crippen LogP contribution in [0.1, 0.15) is 17.2 Å². The van der Waals surface area contributed by atoms with Gasteiger partial charge in [-0.1, -0.05) is 11.6 Å². The molecule has 0 radical (unpaired) electrons. The molecule has 0 aliphatic heterocycles. The highest BCUT2D eigenvalue weighted by atomic mass is 127. The molecule has 1 aromatic carbocycles. The number of aromatic nitrogens is 1. The van der Waals surface area contributed by atoms with Crippen molar-refractivity contribution in [1.82, 2.24) is 4.98 Å². The number of hydrogen-bond donors (Lipinski definition) is 1. The molecule has 1 N–H and O–H groups in total. The van der Waals surface area contributed by atoms with Gasteiger partial charge in [-0.05, 0) is 52.4 Å². The summed E-state index contributed by atoms with van der Waals surface area (Å²) in [6.07, 6.45) is 1.60. The number of rotatable bonds is 2. The molecule has 0 aliphatic rings. The Morgan fingerprint density at radius 1 is 1.29 bits per heavy atom. The average molecular weight is 364 g/mol. The summed E-state index contributed by atoms with van der Waals surface area (Å²) in [6.45, 7) is 0. The highest BCUT2D eigenvalue weighted by molar-refractivity contribution is 14.1. The third-order valence-corrected chi connectivity index (χ3v) is 3.51. The van der Waals surface area contributed by atoms with Crippen molar-refractivity contribution in [3.05, 3.63) is 62.2 Å². The summed E-state index contributed by atoms with van der Waals surface area (Å²) < 4.78 is 13.9. The molecule has 2 nitrogen and oxygen atoms in total. The van der Waals surface area contributed by atoms with Crippen molar-refractivity contribution >= 4 is 34.2 Å². The van der Waals surface area contributed by atoms with E-state index in [0.29, 0.717) is 16.1 Å². The van der Waals surface area contributed by atoms with Crippen LogP contribution in [0.25, 0.3) is 0 Å². The van der Waals surface area contributed by atoms with E-state index in [4.69, 9.17) is 11.6 Å². The predicted octanol–water partition coefficient (Wildman–Crippen LogP) is 3.56. The Labute approximate surface area is 117 Å². The van der Waals surface area contributed by atoms with Crippen molar-refractivity contribution in [1.29, 1.82) is 0 Å². The summed E-state index contributed by atoms with van der Waals surface area (Å²) in [5.74, 6) is -0.474. The molecule has 0 spiro atoms. The van der Waals surface area contributed by atoms with Gasteiger partial charge in [-0.3, -0.25) is 4.98 Å². The van der Waals surface area contributed by atoms with E-state index in [0.717, 1.165) is 9.77 Å². The highest BCUT2D eigenvalue weighted by Gasteiger charge is 2.15. The summed E-state index contributed by atoms with van der Waals surface area (Å²) in [5.41, 5.74) is 1.05. The quantitative estimate of drug-likeness (QED) is 0.828. The molecule has 0 fully saturated rings. The molecule has 1 aromatic heterocycles. The molecule has 0 aliphatic carbocycles. The van der Waals surface area contributed by atoms with Crippen LogP contribution in [0.5, 0.6) is 0 Å². The van der Waals surface area contributed by atoms with Gasteiger partial charge in [0, 0.05) is 20.4 Å². The minimum Gasteiger partial charge on any atom is -0.384 e. The Morgan fingerprint density at radius 3 is 2.76 bits per heavy atom. The Hall–Kier alpha value is -0.720. The molecule has 88 valence electrons. The van der Waals surface area contributed by atoms with Crippen molar-refractivity contribution in [2.75, 3.05) is 0 Å². The topological polar surface area (TPSA) is 33.1 Å². The van der Waals surface area contributed by atoms with E-state index < -0.39 is 11.9 Å². The molecular formula is C12H8ClFINO. The van der Waals surface area contributed by atoms with Gasteiger partial charge in [0.05, 0.1) is 6.20 Å². The second kappa shape index (κ2) is 5.29. The van der Waals surface area contributed by atoms with Crippen LogP contribution in [0.4, 0.5) is 4.39 Å². The second-order valence-corrected chi connectivity index (χ2v) is 5.10. The lowest BCUT2D eigenvalue weighted by Crippen LogP contribution is -2.03. The van der Waals surface area contributed by atoms with Crippen LogP contribution in [-0.2, 0) is 0 Å². The van der Waals surface area contributed by atoms with Crippen molar-refractivity contribution in [3.63, 3.8) is 0 Å². The predicted molar refractivity (Wildman–Crippen MR) is 72.4 cm³/mol. The van der Waals surface area contributed by atoms with Gasteiger partial charge in [-0.15, -0.1) is 0 Å². The first-order valence-corrected chi connectivity index (χ1v) is 6.27. The summed E-state index contributed by atoms with van der Waals surface area (Å²) in [7, 11) is 0. The molecule has 0 saturated heterocycles. The Kier molecular flexibility index (Phi) is 3.96. The average Bonchev–Trinajstić information content (AvgIpc) is 2.31. The third kappa shape index (κ3) is 2.94. The maximum Gasteiger partial charge on any atom is 0.141 e. The molecule has 2 aromatic rings. The fourth-order valence-corrected chi connectivity index (χ4v) is 2.29. The van der Waals surface area contributed by atoms with Crippen molar-refractivity contribution in [2.45, 2.75) is 6.10 Å².